The molecule has 19 heavy (non-hydrogen) atoms. The van der Waals surface area contributed by atoms with E-state index in [0.29, 0.717) is 23.5 Å². The molecule has 1 heterocycles. The van der Waals surface area contributed by atoms with Crippen LogP contribution in [0, 0.1) is 0 Å². The van der Waals surface area contributed by atoms with E-state index in [9.17, 15) is 14.7 Å². The molecular weight excluding hydrogens is 262 g/mol. The van der Waals surface area contributed by atoms with Crippen molar-refractivity contribution in [3.05, 3.63) is 23.8 Å². The summed E-state index contributed by atoms with van der Waals surface area (Å²) < 4.78 is 0. The molecule has 1 N–H and O–H groups in total. The number of phenolic OH excluding ortho intramolecular Hbond substituents is 1. The fourth-order valence-electron chi connectivity index (χ4n) is 2.19. The number of rotatable bonds is 3. The number of hydrogen-bond donors (Lipinski definition) is 1. The normalized spacial score (nSPS) is 18.0. The maximum absolute atomic E-state index is 12.3. The van der Waals surface area contributed by atoms with Gasteiger partial charge < -0.3 is 10.0 Å². The van der Waals surface area contributed by atoms with Crippen molar-refractivity contribution < 1.29 is 14.7 Å². The molecule has 0 saturated carbocycles. The van der Waals surface area contributed by atoms with Crippen LogP contribution in [0.2, 0.25) is 0 Å². The summed E-state index contributed by atoms with van der Waals surface area (Å²) in [5.41, 5.74) is 0.603. The number of carbonyl (C=O) groups is 2. The first kappa shape index (κ1) is 13.9. The maximum atomic E-state index is 12.3. The van der Waals surface area contributed by atoms with E-state index in [2.05, 4.69) is 0 Å². The van der Waals surface area contributed by atoms with E-state index in [1.165, 1.54) is 17.8 Å². The Labute approximate surface area is 116 Å². The highest BCUT2D eigenvalue weighted by Crippen LogP contribution is 2.37. The van der Waals surface area contributed by atoms with E-state index in [4.69, 9.17) is 0 Å². The van der Waals surface area contributed by atoms with Crippen molar-refractivity contribution in [2.45, 2.75) is 30.4 Å². The third kappa shape index (κ3) is 2.76. The van der Waals surface area contributed by atoms with Crippen LogP contribution in [0.1, 0.15) is 30.6 Å². The zero-order valence-corrected chi connectivity index (χ0v) is 11.9. The second-order valence-electron chi connectivity index (χ2n) is 4.42. The summed E-state index contributed by atoms with van der Waals surface area (Å²) in [6.45, 7) is 5.15. The summed E-state index contributed by atoms with van der Waals surface area (Å²) in [7, 11) is 0. The smallest absolute Gasteiger partial charge is 0.236 e. The number of aromatic hydroxyl groups is 1. The van der Waals surface area contributed by atoms with E-state index < -0.39 is 0 Å². The molecule has 0 bridgehead atoms. The highest BCUT2D eigenvalue weighted by atomic mass is 32.2. The zero-order chi connectivity index (χ0) is 14.0. The number of amides is 1. The summed E-state index contributed by atoms with van der Waals surface area (Å²) in [6, 6.07) is 4.68. The Balaban J connectivity index is 2.25. The average molecular weight is 279 g/mol. The van der Waals surface area contributed by atoms with Gasteiger partial charge in [-0.2, -0.15) is 0 Å². The van der Waals surface area contributed by atoms with Gasteiger partial charge in [-0.25, -0.2) is 0 Å². The van der Waals surface area contributed by atoms with Crippen LogP contribution in [-0.4, -0.2) is 40.0 Å². The van der Waals surface area contributed by atoms with Gasteiger partial charge in [-0.3, -0.25) is 9.59 Å². The van der Waals surface area contributed by atoms with Gasteiger partial charge in [0.2, 0.25) is 5.91 Å². The molecule has 1 unspecified atom stereocenters. The molecule has 1 atom stereocenters. The minimum absolute atomic E-state index is 0.00246. The average Bonchev–Trinajstić information content (AvgIpc) is 2.39. The minimum atomic E-state index is -0.373. The van der Waals surface area contributed by atoms with Crippen LogP contribution < -0.4 is 0 Å². The van der Waals surface area contributed by atoms with Gasteiger partial charge in [-0.15, -0.1) is 11.8 Å². The Morgan fingerprint density at radius 1 is 1.42 bits per heavy atom. The molecule has 0 radical (unpaired) electrons. The number of nitrogens with zero attached hydrogens (tertiary/aromatic N) is 1. The third-order valence-corrected chi connectivity index (χ3v) is 4.50. The standard InChI is InChI=1S/C14H17NO3S/c1-3-15(4-2)14(18)13-8-11(17)10-6-5-9(16)7-12(10)19-13/h5-7,13,16H,3-4,8H2,1-2H3. The predicted octanol–water partition coefficient (Wildman–Crippen LogP) is 2.31. The monoisotopic (exact) mass is 279 g/mol. The second kappa shape index (κ2) is 5.65. The van der Waals surface area contributed by atoms with Gasteiger partial charge in [-0.1, -0.05) is 0 Å². The summed E-state index contributed by atoms with van der Waals surface area (Å²) >= 11 is 1.37. The first-order valence-electron chi connectivity index (χ1n) is 6.38. The Morgan fingerprint density at radius 3 is 2.74 bits per heavy atom. The molecular formula is C14H17NO3S. The number of thioether (sulfide) groups is 1. The van der Waals surface area contributed by atoms with Crippen molar-refractivity contribution in [2.24, 2.45) is 0 Å². The second-order valence-corrected chi connectivity index (χ2v) is 5.67. The van der Waals surface area contributed by atoms with E-state index in [1.807, 2.05) is 13.8 Å². The van der Waals surface area contributed by atoms with Crippen molar-refractivity contribution in [1.82, 2.24) is 4.90 Å². The van der Waals surface area contributed by atoms with Crippen LogP contribution in [0.15, 0.2) is 23.1 Å². The first-order chi connectivity index (χ1) is 9.06. The van der Waals surface area contributed by atoms with Gasteiger partial charge in [0.1, 0.15) is 5.75 Å². The number of Topliss-reactive ketones (excluding diaryl/α,β-unsaturated/α-hetero) is 1. The lowest BCUT2D eigenvalue weighted by molar-refractivity contribution is -0.130. The molecule has 0 spiro atoms. The minimum Gasteiger partial charge on any atom is -0.508 e. The van der Waals surface area contributed by atoms with Crippen molar-refractivity contribution in [2.75, 3.05) is 13.1 Å². The van der Waals surface area contributed by atoms with E-state index in [-0.39, 0.29) is 29.1 Å². The molecule has 1 amide bonds. The molecule has 0 aromatic heterocycles. The van der Waals surface area contributed by atoms with Crippen LogP contribution in [0.5, 0.6) is 5.75 Å². The fraction of sp³-hybridized carbons (Fsp3) is 0.429. The lowest BCUT2D eigenvalue weighted by Gasteiger charge is -2.27. The highest BCUT2D eigenvalue weighted by Gasteiger charge is 2.32. The Hall–Kier alpha value is -1.49. The fourth-order valence-corrected chi connectivity index (χ4v) is 3.48. The molecule has 0 saturated heterocycles. The zero-order valence-electron chi connectivity index (χ0n) is 11.0. The van der Waals surface area contributed by atoms with Gasteiger partial charge in [0.25, 0.3) is 0 Å². The largest absolute Gasteiger partial charge is 0.508 e. The van der Waals surface area contributed by atoms with E-state index in [0.717, 1.165) is 0 Å². The Kier molecular flexibility index (Phi) is 4.14. The Morgan fingerprint density at radius 2 is 2.11 bits per heavy atom. The molecule has 1 aliphatic rings. The quantitative estimate of drug-likeness (QED) is 0.922. The van der Waals surface area contributed by atoms with E-state index >= 15 is 0 Å². The van der Waals surface area contributed by atoms with Gasteiger partial charge in [-0.05, 0) is 32.0 Å². The molecule has 1 aliphatic heterocycles. The molecule has 102 valence electrons. The predicted molar refractivity (Wildman–Crippen MR) is 74.6 cm³/mol. The molecule has 4 nitrogen and oxygen atoms in total. The molecule has 1 aromatic carbocycles. The number of phenols is 1. The van der Waals surface area contributed by atoms with Crippen LogP contribution in [-0.2, 0) is 4.79 Å². The summed E-state index contributed by atoms with van der Waals surface area (Å²) in [6.07, 6.45) is 0.234. The number of fused-ring (bicyclic) bond motifs is 1. The number of ketones is 1. The summed E-state index contributed by atoms with van der Waals surface area (Å²) in [4.78, 5) is 26.8. The topological polar surface area (TPSA) is 57.6 Å². The number of benzene rings is 1. The van der Waals surface area contributed by atoms with Crippen molar-refractivity contribution in [1.29, 1.82) is 0 Å². The molecule has 5 heteroatoms. The van der Waals surface area contributed by atoms with Crippen LogP contribution in [0.4, 0.5) is 0 Å². The first-order valence-corrected chi connectivity index (χ1v) is 7.26. The lowest BCUT2D eigenvalue weighted by atomic mass is 10.0. The molecule has 0 aliphatic carbocycles. The molecule has 0 fully saturated rings. The van der Waals surface area contributed by atoms with Gasteiger partial charge in [0.15, 0.2) is 5.78 Å². The van der Waals surface area contributed by atoms with Crippen molar-refractivity contribution >= 4 is 23.5 Å². The van der Waals surface area contributed by atoms with Crippen LogP contribution >= 0.6 is 11.8 Å². The maximum Gasteiger partial charge on any atom is 0.236 e. The van der Waals surface area contributed by atoms with Crippen LogP contribution in [0.3, 0.4) is 0 Å². The number of carbonyl (C=O) groups excluding carboxylic acids is 2. The SMILES string of the molecule is CCN(CC)C(=O)C1CC(=O)c2ccc(O)cc2S1. The third-order valence-electron chi connectivity index (χ3n) is 3.26. The molecule has 1 aromatic rings. The Bertz CT molecular complexity index is 511. The van der Waals surface area contributed by atoms with Gasteiger partial charge in [0, 0.05) is 30.0 Å². The lowest BCUT2D eigenvalue weighted by Crippen LogP contribution is -2.39. The number of hydrogen-bond acceptors (Lipinski definition) is 4. The van der Waals surface area contributed by atoms with E-state index in [1.54, 1.807) is 17.0 Å². The summed E-state index contributed by atoms with van der Waals surface area (Å²) in [5.74, 6) is 0.0894. The summed E-state index contributed by atoms with van der Waals surface area (Å²) in [5, 5.41) is 9.11. The van der Waals surface area contributed by atoms with Crippen molar-refractivity contribution in [3.8, 4) is 5.75 Å². The van der Waals surface area contributed by atoms with Gasteiger partial charge in [0.05, 0.1) is 5.25 Å². The van der Waals surface area contributed by atoms with Crippen molar-refractivity contribution in [3.63, 3.8) is 0 Å². The van der Waals surface area contributed by atoms with Gasteiger partial charge >= 0.3 is 0 Å². The van der Waals surface area contributed by atoms with Crippen LogP contribution in [0.25, 0.3) is 0 Å². The molecule has 2 rings (SSSR count). The highest BCUT2D eigenvalue weighted by molar-refractivity contribution is 8.00.